The number of carbonyl (C=O) groups excluding carboxylic acids is 3. The number of benzene rings is 1. The van der Waals surface area contributed by atoms with Gasteiger partial charge in [0.15, 0.2) is 11.4 Å². The van der Waals surface area contributed by atoms with Crippen LogP contribution in [0.15, 0.2) is 34.8 Å². The van der Waals surface area contributed by atoms with Gasteiger partial charge in [0.1, 0.15) is 22.8 Å². The van der Waals surface area contributed by atoms with Crippen molar-refractivity contribution in [3.05, 3.63) is 51.5 Å². The van der Waals surface area contributed by atoms with Crippen LogP contribution in [0.3, 0.4) is 0 Å². The van der Waals surface area contributed by atoms with Crippen molar-refractivity contribution >= 4 is 17.5 Å². The summed E-state index contributed by atoms with van der Waals surface area (Å²) in [5.41, 5.74) is 1.14. The maximum Gasteiger partial charge on any atom is 0.391 e. The van der Waals surface area contributed by atoms with E-state index in [-0.39, 0.29) is 43.6 Å². The van der Waals surface area contributed by atoms with Crippen molar-refractivity contribution in [1.29, 1.82) is 0 Å². The average molecular weight is 610 g/mol. The van der Waals surface area contributed by atoms with E-state index >= 15 is 0 Å². The molecule has 3 aliphatic carbocycles. The van der Waals surface area contributed by atoms with Gasteiger partial charge in [-0.15, -0.1) is 0 Å². The monoisotopic (exact) mass is 609 g/mol. The Morgan fingerprint density at radius 1 is 1.14 bits per heavy atom. The number of alkyl halides is 3. The summed E-state index contributed by atoms with van der Waals surface area (Å²) in [4.78, 5) is 42.7. The Hall–Kier alpha value is -3.46. The van der Waals surface area contributed by atoms with E-state index < -0.39 is 93.5 Å². The number of hydrogen-bond acceptors (Lipinski definition) is 10. The molecule has 1 saturated heterocycles. The molecule has 0 spiro atoms. The van der Waals surface area contributed by atoms with Crippen molar-refractivity contribution in [3.8, 4) is 5.75 Å². The Kier molecular flexibility index (Phi) is 7.44. The lowest BCUT2D eigenvalue weighted by molar-refractivity contribution is -0.185. The number of hydrogen-bond donors (Lipinski definition) is 6. The number of Topliss-reactive ketones (excluding diaryl/α,β-unsaturated/α-hetero) is 2. The fourth-order valence-corrected chi connectivity index (χ4v) is 7.45. The zero-order valence-corrected chi connectivity index (χ0v) is 23.7. The number of amides is 1. The number of aliphatic hydroxyl groups is 4. The van der Waals surface area contributed by atoms with Gasteiger partial charge in [-0.05, 0) is 51.5 Å². The van der Waals surface area contributed by atoms with Crippen LogP contribution in [0.1, 0.15) is 47.2 Å². The Morgan fingerprint density at radius 2 is 1.74 bits per heavy atom. The molecule has 4 aliphatic rings. The highest BCUT2D eigenvalue weighted by Crippen LogP contribution is 2.55. The van der Waals surface area contributed by atoms with Gasteiger partial charge in [-0.1, -0.05) is 19.1 Å². The van der Waals surface area contributed by atoms with Crippen molar-refractivity contribution < 1.29 is 53.1 Å². The van der Waals surface area contributed by atoms with E-state index in [4.69, 9.17) is 5.73 Å². The van der Waals surface area contributed by atoms with Gasteiger partial charge in [0.05, 0.1) is 29.5 Å². The van der Waals surface area contributed by atoms with Gasteiger partial charge < -0.3 is 31.3 Å². The number of primary amides is 1. The number of aromatic hydroxyl groups is 1. The number of piperidine rings is 1. The minimum atomic E-state index is -4.29. The summed E-state index contributed by atoms with van der Waals surface area (Å²) < 4.78 is 39.3. The number of fused-ring (bicyclic) bond motifs is 3. The molecule has 6 atom stereocenters. The zero-order valence-electron chi connectivity index (χ0n) is 23.7. The molecule has 0 radical (unpaired) electrons. The van der Waals surface area contributed by atoms with Crippen molar-refractivity contribution in [3.63, 3.8) is 0 Å². The van der Waals surface area contributed by atoms with Gasteiger partial charge in [0, 0.05) is 23.6 Å². The standard InChI is InChI=1S/C29H34F3N3O8/c1-11-14-5-4-12(10-35-8-6-13(7-9-35)29(30,31)32)21(36)16(14)22(37)17-15(11)23(38)19-20(34(2)3)24(39)18(27(33)42)26(41)28(19,43)25(17)40/h4-5,11,13,15,19-20,23,36,38-40,43H,6-10H2,1-3H3,(H2,33,42)/t11-,15+,19+,20-,23-,28-/m0/s1. The fraction of sp³-hybridized carbons (Fsp3) is 0.552. The molecule has 234 valence electrons. The first-order valence-corrected chi connectivity index (χ1v) is 13.9. The highest BCUT2D eigenvalue weighted by molar-refractivity contribution is 6.25. The first-order chi connectivity index (χ1) is 19.9. The summed E-state index contributed by atoms with van der Waals surface area (Å²) in [6, 6.07) is 1.76. The van der Waals surface area contributed by atoms with Crippen LogP contribution in [0.5, 0.6) is 5.75 Å². The molecule has 1 heterocycles. The zero-order chi connectivity index (χ0) is 31.9. The van der Waals surface area contributed by atoms with Crippen LogP contribution in [0.4, 0.5) is 13.2 Å². The molecule has 11 nitrogen and oxygen atoms in total. The Labute approximate surface area is 244 Å². The van der Waals surface area contributed by atoms with Crippen LogP contribution in [0.2, 0.25) is 0 Å². The van der Waals surface area contributed by atoms with Gasteiger partial charge in [-0.3, -0.25) is 24.2 Å². The second kappa shape index (κ2) is 10.3. The highest BCUT2D eigenvalue weighted by atomic mass is 19.4. The van der Waals surface area contributed by atoms with E-state index in [9.17, 15) is 53.1 Å². The number of likely N-dealkylation sites (N-methyl/N-ethyl adjacent to an activating group) is 1. The van der Waals surface area contributed by atoms with E-state index in [2.05, 4.69) is 0 Å². The minimum absolute atomic E-state index is 0.0451. The topological polar surface area (TPSA) is 185 Å². The number of nitrogens with zero attached hydrogens (tertiary/aromatic N) is 2. The average Bonchev–Trinajstić information content (AvgIpc) is 2.91. The lowest BCUT2D eigenvalue weighted by Gasteiger charge is -2.53. The summed E-state index contributed by atoms with van der Waals surface area (Å²) >= 11 is 0. The molecule has 14 heteroatoms. The number of aliphatic hydroxyl groups excluding tert-OH is 3. The molecular weight excluding hydrogens is 575 g/mol. The summed E-state index contributed by atoms with van der Waals surface area (Å²) in [5.74, 6) is -11.2. The third-order valence-electron chi connectivity index (χ3n) is 9.66. The Balaban J connectivity index is 1.58. The summed E-state index contributed by atoms with van der Waals surface area (Å²) in [6.45, 7) is 1.91. The molecule has 0 saturated carbocycles. The van der Waals surface area contributed by atoms with Crippen LogP contribution in [0.25, 0.3) is 0 Å². The number of phenolic OH excluding ortho intramolecular Hbond substituents is 1. The fourth-order valence-electron chi connectivity index (χ4n) is 7.45. The molecule has 1 aliphatic heterocycles. The molecule has 0 unspecified atom stereocenters. The molecule has 1 aromatic rings. The minimum Gasteiger partial charge on any atom is -0.510 e. The maximum absolute atomic E-state index is 14.0. The molecule has 0 bridgehead atoms. The van der Waals surface area contributed by atoms with Gasteiger partial charge in [0.2, 0.25) is 5.78 Å². The number of halogens is 3. The van der Waals surface area contributed by atoms with Gasteiger partial charge in [0.25, 0.3) is 5.91 Å². The second-order valence-electron chi connectivity index (χ2n) is 12.2. The highest BCUT2D eigenvalue weighted by Gasteiger charge is 2.67. The van der Waals surface area contributed by atoms with Gasteiger partial charge in [-0.2, -0.15) is 13.2 Å². The van der Waals surface area contributed by atoms with E-state index in [1.54, 1.807) is 24.0 Å². The molecule has 1 aromatic carbocycles. The SMILES string of the molecule is C[C@H]1c2ccc(CN3CCC(C(F)(F)F)CC3)c(O)c2C(=O)C2=C(O)[C@]3(O)C(=O)C(C(N)=O)=C(O)[C@@H](N(C)C)[C@@H]3[C@@H](O)[C@@H]21. The third kappa shape index (κ3) is 4.45. The summed E-state index contributed by atoms with van der Waals surface area (Å²) in [7, 11) is 2.91. The normalized spacial score (nSPS) is 32.2. The third-order valence-corrected chi connectivity index (χ3v) is 9.66. The Morgan fingerprint density at radius 3 is 2.28 bits per heavy atom. The summed E-state index contributed by atoms with van der Waals surface area (Å²) in [6.07, 6.45) is -6.20. The number of carbonyl (C=O) groups is 3. The van der Waals surface area contributed by atoms with E-state index in [1.807, 2.05) is 0 Å². The smallest absolute Gasteiger partial charge is 0.391 e. The molecule has 1 amide bonds. The quantitative estimate of drug-likeness (QED) is 0.273. The summed E-state index contributed by atoms with van der Waals surface area (Å²) in [5, 5.41) is 57.0. The largest absolute Gasteiger partial charge is 0.510 e. The molecule has 5 rings (SSSR count). The van der Waals surface area contributed by atoms with E-state index in [1.165, 1.54) is 19.0 Å². The molecule has 1 fully saturated rings. The van der Waals surface area contributed by atoms with E-state index in [0.29, 0.717) is 5.56 Å². The predicted molar refractivity (Wildman–Crippen MR) is 144 cm³/mol. The number of likely N-dealkylation sites (tertiary alicyclic amines) is 1. The Bertz CT molecular complexity index is 1460. The van der Waals surface area contributed by atoms with Crippen molar-refractivity contribution in [2.75, 3.05) is 27.2 Å². The molecule has 43 heavy (non-hydrogen) atoms. The number of nitrogens with two attached hydrogens (primary N) is 1. The lowest BCUT2D eigenvalue weighted by Crippen LogP contribution is -2.68. The van der Waals surface area contributed by atoms with Crippen LogP contribution in [-0.2, 0) is 16.1 Å². The molecule has 0 aromatic heterocycles. The predicted octanol–water partition coefficient (Wildman–Crippen LogP) is 1.43. The number of rotatable bonds is 4. The van der Waals surface area contributed by atoms with E-state index in [0.717, 1.165) is 0 Å². The van der Waals surface area contributed by atoms with Crippen LogP contribution >= 0.6 is 0 Å². The second-order valence-corrected chi connectivity index (χ2v) is 12.2. The first kappa shape index (κ1) is 31.0. The van der Waals surface area contributed by atoms with Gasteiger partial charge >= 0.3 is 6.18 Å². The lowest BCUT2D eigenvalue weighted by atomic mass is 9.55. The van der Waals surface area contributed by atoms with Crippen LogP contribution in [-0.4, -0.2) is 104 Å². The van der Waals surface area contributed by atoms with Gasteiger partial charge in [-0.25, -0.2) is 0 Å². The van der Waals surface area contributed by atoms with Crippen molar-refractivity contribution in [1.82, 2.24) is 9.80 Å². The first-order valence-electron chi connectivity index (χ1n) is 13.9. The van der Waals surface area contributed by atoms with Crippen molar-refractivity contribution in [2.45, 2.75) is 56.2 Å². The van der Waals surface area contributed by atoms with Crippen LogP contribution in [0, 0.1) is 17.8 Å². The van der Waals surface area contributed by atoms with Crippen molar-refractivity contribution in [2.24, 2.45) is 23.5 Å². The number of phenols is 1. The number of ketones is 2. The van der Waals surface area contributed by atoms with Crippen LogP contribution < -0.4 is 5.73 Å². The molecule has 7 N–H and O–H groups in total. The maximum atomic E-state index is 14.0. The molecular formula is C29H34F3N3O8.